The topological polar surface area (TPSA) is 29.1 Å². The number of fused-ring (bicyclic) bond motifs is 1. The molecule has 1 saturated heterocycles. The number of benzene rings is 1. The van der Waals surface area contributed by atoms with E-state index in [0.717, 1.165) is 17.9 Å². The van der Waals surface area contributed by atoms with E-state index in [9.17, 15) is 4.79 Å². The van der Waals surface area contributed by atoms with Crippen LogP contribution in [0.1, 0.15) is 44.1 Å². The van der Waals surface area contributed by atoms with E-state index >= 15 is 0 Å². The molecule has 1 aromatic carbocycles. The molecule has 0 radical (unpaired) electrons. The number of ketones is 1. The zero-order valence-corrected chi connectivity index (χ0v) is 13.6. The molecule has 1 aromatic rings. The van der Waals surface area contributed by atoms with E-state index < -0.39 is 0 Å². The van der Waals surface area contributed by atoms with Gasteiger partial charge in [-0.25, -0.2) is 0 Å². The lowest BCUT2D eigenvalue weighted by atomic mass is 9.77. The third kappa shape index (κ3) is 3.44. The van der Waals surface area contributed by atoms with Gasteiger partial charge >= 0.3 is 0 Å². The van der Waals surface area contributed by atoms with Crippen molar-refractivity contribution in [3.05, 3.63) is 33.8 Å². The average molecular weight is 326 g/mol. The van der Waals surface area contributed by atoms with Crippen LogP contribution in [0.15, 0.2) is 18.2 Å². The molecule has 3 unspecified atom stereocenters. The average Bonchev–Trinajstić information content (AvgIpc) is 2.50. The van der Waals surface area contributed by atoms with Crippen LogP contribution in [0.25, 0.3) is 0 Å². The van der Waals surface area contributed by atoms with E-state index in [1.165, 1.54) is 32.1 Å². The molecule has 0 bridgehead atoms. The van der Waals surface area contributed by atoms with Crippen LogP contribution in [0.2, 0.25) is 10.0 Å². The third-order valence-corrected chi connectivity index (χ3v) is 5.66. The number of nitrogens with one attached hydrogen (secondary N) is 1. The van der Waals surface area contributed by atoms with Gasteiger partial charge in [0.05, 0.1) is 6.04 Å². The normalized spacial score (nSPS) is 29.0. The van der Waals surface area contributed by atoms with E-state index in [2.05, 4.69) is 5.32 Å². The Labute approximate surface area is 136 Å². The van der Waals surface area contributed by atoms with Crippen LogP contribution in [-0.2, 0) is 11.2 Å². The number of Topliss-reactive ketones (excluding diaryl/α,β-unsaturated/α-hetero) is 1. The fourth-order valence-electron chi connectivity index (χ4n) is 3.75. The van der Waals surface area contributed by atoms with Gasteiger partial charge in [-0.2, -0.15) is 0 Å². The second kappa shape index (κ2) is 6.68. The standard InChI is InChI=1S/C17H21Cl2NO/c18-13-5-3-6-14(19)12(13)10-17(21)16-9-8-11-4-1-2-7-15(11)20-16/h3,5-6,11,15-16,20H,1-2,4,7-10H2. The summed E-state index contributed by atoms with van der Waals surface area (Å²) in [5, 5.41) is 4.75. The van der Waals surface area contributed by atoms with Gasteiger partial charge in [-0.1, -0.05) is 42.1 Å². The van der Waals surface area contributed by atoms with E-state index in [1.807, 2.05) is 6.07 Å². The zero-order chi connectivity index (χ0) is 14.8. The Morgan fingerprint density at radius 3 is 2.57 bits per heavy atom. The molecular weight excluding hydrogens is 305 g/mol. The molecule has 1 aliphatic carbocycles. The number of rotatable bonds is 3. The SMILES string of the molecule is O=C(Cc1c(Cl)cccc1Cl)C1CCC2CCCCC2N1. The molecule has 21 heavy (non-hydrogen) atoms. The van der Waals surface area contributed by atoms with E-state index in [4.69, 9.17) is 23.2 Å². The summed E-state index contributed by atoms with van der Waals surface area (Å²) >= 11 is 12.3. The van der Waals surface area contributed by atoms with Crippen LogP contribution in [-0.4, -0.2) is 17.9 Å². The first-order chi connectivity index (χ1) is 10.1. The Bertz CT molecular complexity index is 511. The molecule has 0 aromatic heterocycles. The number of hydrogen-bond acceptors (Lipinski definition) is 2. The molecule has 1 saturated carbocycles. The molecule has 3 atom stereocenters. The molecule has 4 heteroatoms. The van der Waals surface area contributed by atoms with Gasteiger partial charge < -0.3 is 5.32 Å². The Hall–Kier alpha value is -0.570. The van der Waals surface area contributed by atoms with E-state index in [1.54, 1.807) is 12.1 Å². The minimum atomic E-state index is -0.0308. The maximum absolute atomic E-state index is 12.6. The van der Waals surface area contributed by atoms with Crippen molar-refractivity contribution in [3.63, 3.8) is 0 Å². The van der Waals surface area contributed by atoms with Crippen LogP contribution in [0.3, 0.4) is 0 Å². The van der Waals surface area contributed by atoms with Gasteiger partial charge in [-0.3, -0.25) is 4.79 Å². The van der Waals surface area contributed by atoms with Gasteiger partial charge in [-0.05, 0) is 49.3 Å². The van der Waals surface area contributed by atoms with Crippen molar-refractivity contribution in [2.24, 2.45) is 5.92 Å². The lowest BCUT2D eigenvalue weighted by molar-refractivity contribution is -0.121. The van der Waals surface area contributed by atoms with Crippen molar-refractivity contribution in [1.29, 1.82) is 0 Å². The van der Waals surface area contributed by atoms with Crippen LogP contribution in [0, 0.1) is 5.92 Å². The number of hydrogen-bond donors (Lipinski definition) is 1. The molecule has 1 N–H and O–H groups in total. The van der Waals surface area contributed by atoms with Crippen molar-refractivity contribution in [1.82, 2.24) is 5.32 Å². The summed E-state index contributed by atoms with van der Waals surface area (Å²) < 4.78 is 0. The second-order valence-corrected chi connectivity index (χ2v) is 7.11. The highest BCUT2D eigenvalue weighted by Crippen LogP contribution is 2.33. The van der Waals surface area contributed by atoms with Gasteiger partial charge in [0.1, 0.15) is 0 Å². The molecule has 2 aliphatic rings. The highest BCUT2D eigenvalue weighted by Gasteiger charge is 2.34. The molecule has 3 rings (SSSR count). The van der Waals surface area contributed by atoms with Crippen LogP contribution >= 0.6 is 23.2 Å². The molecule has 1 heterocycles. The number of carbonyl (C=O) groups is 1. The fraction of sp³-hybridized carbons (Fsp3) is 0.588. The monoisotopic (exact) mass is 325 g/mol. The molecule has 0 spiro atoms. The number of halogens is 2. The quantitative estimate of drug-likeness (QED) is 0.891. The fourth-order valence-corrected chi connectivity index (χ4v) is 4.28. The van der Waals surface area contributed by atoms with Crippen LogP contribution in [0.4, 0.5) is 0 Å². The maximum Gasteiger partial charge on any atom is 0.154 e. The minimum Gasteiger partial charge on any atom is -0.304 e. The molecule has 1 aliphatic heterocycles. The van der Waals surface area contributed by atoms with Gasteiger partial charge in [0.25, 0.3) is 0 Å². The molecule has 2 fully saturated rings. The van der Waals surface area contributed by atoms with Gasteiger partial charge in [0.2, 0.25) is 0 Å². The zero-order valence-electron chi connectivity index (χ0n) is 12.1. The summed E-state index contributed by atoms with van der Waals surface area (Å²) in [6, 6.07) is 5.90. The largest absolute Gasteiger partial charge is 0.304 e. The molecular formula is C17H21Cl2NO. The first kappa shape index (κ1) is 15.3. The van der Waals surface area contributed by atoms with Crippen molar-refractivity contribution >= 4 is 29.0 Å². The minimum absolute atomic E-state index is 0.0308. The molecule has 114 valence electrons. The first-order valence-electron chi connectivity index (χ1n) is 7.87. The molecule has 0 amide bonds. The summed E-state index contributed by atoms with van der Waals surface area (Å²) in [7, 11) is 0. The summed E-state index contributed by atoms with van der Waals surface area (Å²) in [6.45, 7) is 0. The van der Waals surface area contributed by atoms with Gasteiger partial charge in [0.15, 0.2) is 5.78 Å². The highest BCUT2D eigenvalue weighted by molar-refractivity contribution is 6.36. The Balaban J connectivity index is 1.66. The number of carbonyl (C=O) groups excluding carboxylic acids is 1. The van der Waals surface area contributed by atoms with Crippen molar-refractivity contribution in [2.75, 3.05) is 0 Å². The molecule has 2 nitrogen and oxygen atoms in total. The smallest absolute Gasteiger partial charge is 0.154 e. The van der Waals surface area contributed by atoms with Crippen LogP contribution < -0.4 is 5.32 Å². The first-order valence-corrected chi connectivity index (χ1v) is 8.62. The van der Waals surface area contributed by atoms with E-state index in [-0.39, 0.29) is 11.8 Å². The Kier molecular flexibility index (Phi) is 4.88. The highest BCUT2D eigenvalue weighted by atomic mass is 35.5. The second-order valence-electron chi connectivity index (χ2n) is 6.29. The number of piperidine rings is 1. The predicted octanol–water partition coefficient (Wildman–Crippen LogP) is 4.42. The van der Waals surface area contributed by atoms with Crippen molar-refractivity contribution in [3.8, 4) is 0 Å². The predicted molar refractivity (Wildman–Crippen MR) is 87.1 cm³/mol. The summed E-state index contributed by atoms with van der Waals surface area (Å²) in [5.74, 6) is 0.987. The van der Waals surface area contributed by atoms with Crippen LogP contribution in [0.5, 0.6) is 0 Å². The lowest BCUT2D eigenvalue weighted by Crippen LogP contribution is -2.52. The van der Waals surface area contributed by atoms with Crippen molar-refractivity contribution < 1.29 is 4.79 Å². The summed E-state index contributed by atoms with van der Waals surface area (Å²) in [4.78, 5) is 12.6. The van der Waals surface area contributed by atoms with E-state index in [0.29, 0.717) is 22.5 Å². The Morgan fingerprint density at radius 2 is 1.81 bits per heavy atom. The van der Waals surface area contributed by atoms with Gasteiger partial charge in [0, 0.05) is 22.5 Å². The van der Waals surface area contributed by atoms with Gasteiger partial charge in [-0.15, -0.1) is 0 Å². The maximum atomic E-state index is 12.6. The van der Waals surface area contributed by atoms with Crippen molar-refractivity contribution in [2.45, 2.75) is 57.0 Å². The Morgan fingerprint density at radius 1 is 1.10 bits per heavy atom. The lowest BCUT2D eigenvalue weighted by Gasteiger charge is -2.40. The summed E-state index contributed by atoms with van der Waals surface area (Å²) in [5.41, 5.74) is 0.762. The third-order valence-electron chi connectivity index (χ3n) is 4.95. The summed E-state index contributed by atoms with van der Waals surface area (Å²) in [6.07, 6.45) is 7.60.